The van der Waals surface area contributed by atoms with Crippen molar-refractivity contribution in [1.29, 1.82) is 0 Å². The average Bonchev–Trinajstić information content (AvgIpc) is 2.83. The van der Waals surface area contributed by atoms with Gasteiger partial charge in [0, 0.05) is 32.7 Å². The Labute approximate surface area is 98.0 Å². The molecule has 2 aliphatic heterocycles. The van der Waals surface area contributed by atoms with Crippen LogP contribution in [-0.4, -0.2) is 67.4 Å². The van der Waals surface area contributed by atoms with Crippen LogP contribution in [0.25, 0.3) is 0 Å². The molecule has 2 fully saturated rings. The smallest absolute Gasteiger partial charge is 0.141 e. The number of nitrogens with zero attached hydrogens (tertiary/aromatic N) is 2. The van der Waals surface area contributed by atoms with Gasteiger partial charge in [0.25, 0.3) is 0 Å². The molecule has 0 aromatic heterocycles. The molecule has 1 unspecified atom stereocenters. The second-order valence-electron chi connectivity index (χ2n) is 5.20. The monoisotopic (exact) mass is 225 g/mol. The molecular weight excluding hydrogens is 202 g/mol. The number of rotatable bonds is 4. The van der Waals surface area contributed by atoms with Crippen LogP contribution in [0.5, 0.6) is 0 Å². The molecule has 0 aliphatic carbocycles. The first-order valence-corrected chi connectivity index (χ1v) is 6.39. The van der Waals surface area contributed by atoms with E-state index >= 15 is 0 Å². The maximum absolute atomic E-state index is 11.4. The van der Waals surface area contributed by atoms with E-state index in [1.807, 2.05) is 0 Å². The number of nitrogens with one attached hydrogen (secondary N) is 1. The summed E-state index contributed by atoms with van der Waals surface area (Å²) in [6.45, 7) is 9.30. The van der Waals surface area contributed by atoms with Crippen molar-refractivity contribution < 1.29 is 4.79 Å². The van der Waals surface area contributed by atoms with Crippen LogP contribution in [0.3, 0.4) is 0 Å². The summed E-state index contributed by atoms with van der Waals surface area (Å²) in [5.41, 5.74) is -0.285. The summed E-state index contributed by atoms with van der Waals surface area (Å²) in [7, 11) is 0. The number of aldehydes is 1. The molecule has 1 atom stereocenters. The summed E-state index contributed by atoms with van der Waals surface area (Å²) in [4.78, 5) is 16.2. The topological polar surface area (TPSA) is 35.6 Å². The maximum atomic E-state index is 11.4. The summed E-state index contributed by atoms with van der Waals surface area (Å²) in [6, 6.07) is 0. The largest absolute Gasteiger partial charge is 0.314 e. The van der Waals surface area contributed by atoms with Crippen molar-refractivity contribution in [2.45, 2.75) is 25.3 Å². The summed E-state index contributed by atoms with van der Waals surface area (Å²) < 4.78 is 0. The summed E-state index contributed by atoms with van der Waals surface area (Å²) in [5, 5.41) is 3.33. The molecule has 0 saturated carbocycles. The van der Waals surface area contributed by atoms with Gasteiger partial charge in [-0.05, 0) is 32.9 Å². The first kappa shape index (κ1) is 12.0. The van der Waals surface area contributed by atoms with E-state index in [-0.39, 0.29) is 5.54 Å². The number of hydrogen-bond acceptors (Lipinski definition) is 4. The molecule has 92 valence electrons. The zero-order chi connectivity index (χ0) is 11.4. The minimum Gasteiger partial charge on any atom is -0.314 e. The van der Waals surface area contributed by atoms with Gasteiger partial charge in [-0.15, -0.1) is 0 Å². The van der Waals surface area contributed by atoms with E-state index in [0.717, 1.165) is 52.1 Å². The number of carbonyl (C=O) groups is 1. The maximum Gasteiger partial charge on any atom is 0.141 e. The minimum atomic E-state index is -0.285. The highest BCUT2D eigenvalue weighted by atomic mass is 16.1. The van der Waals surface area contributed by atoms with Crippen molar-refractivity contribution in [1.82, 2.24) is 15.1 Å². The van der Waals surface area contributed by atoms with Gasteiger partial charge in [0.05, 0.1) is 5.54 Å². The Hall–Kier alpha value is -0.450. The van der Waals surface area contributed by atoms with Gasteiger partial charge in [0.15, 0.2) is 0 Å². The van der Waals surface area contributed by atoms with Crippen LogP contribution >= 0.6 is 0 Å². The molecule has 0 spiro atoms. The van der Waals surface area contributed by atoms with E-state index < -0.39 is 0 Å². The van der Waals surface area contributed by atoms with E-state index in [1.54, 1.807) is 0 Å². The molecule has 4 heteroatoms. The van der Waals surface area contributed by atoms with Crippen LogP contribution in [0.2, 0.25) is 0 Å². The second kappa shape index (κ2) is 5.25. The Morgan fingerprint density at radius 1 is 1.19 bits per heavy atom. The van der Waals surface area contributed by atoms with Crippen LogP contribution < -0.4 is 5.32 Å². The van der Waals surface area contributed by atoms with Crippen LogP contribution in [0.15, 0.2) is 0 Å². The number of hydrogen-bond donors (Lipinski definition) is 1. The predicted octanol–water partition coefficient (Wildman–Crippen LogP) is -0.0550. The van der Waals surface area contributed by atoms with E-state index in [1.165, 1.54) is 12.8 Å². The van der Waals surface area contributed by atoms with E-state index in [0.29, 0.717) is 0 Å². The molecule has 0 amide bonds. The second-order valence-corrected chi connectivity index (χ2v) is 5.20. The van der Waals surface area contributed by atoms with Crippen molar-refractivity contribution in [3.63, 3.8) is 0 Å². The molecular formula is C12H23N3O. The lowest BCUT2D eigenvalue weighted by Crippen LogP contribution is -2.59. The molecule has 0 aromatic carbocycles. The number of carbonyl (C=O) groups excluding carboxylic acids is 1. The van der Waals surface area contributed by atoms with Gasteiger partial charge < -0.3 is 15.0 Å². The third kappa shape index (κ3) is 2.62. The van der Waals surface area contributed by atoms with Gasteiger partial charge in [-0.1, -0.05) is 0 Å². The van der Waals surface area contributed by atoms with E-state index in [4.69, 9.17) is 0 Å². The minimum absolute atomic E-state index is 0.285. The molecule has 0 aromatic rings. The highest BCUT2D eigenvalue weighted by Gasteiger charge is 2.34. The van der Waals surface area contributed by atoms with Crippen molar-refractivity contribution in [3.8, 4) is 0 Å². The van der Waals surface area contributed by atoms with Crippen molar-refractivity contribution in [2.24, 2.45) is 0 Å². The zero-order valence-corrected chi connectivity index (χ0v) is 10.2. The molecule has 2 rings (SSSR count). The lowest BCUT2D eigenvalue weighted by molar-refractivity contribution is -0.119. The van der Waals surface area contributed by atoms with Gasteiger partial charge in [-0.3, -0.25) is 4.90 Å². The highest BCUT2D eigenvalue weighted by molar-refractivity contribution is 5.64. The van der Waals surface area contributed by atoms with E-state index in [9.17, 15) is 4.79 Å². The van der Waals surface area contributed by atoms with E-state index in [2.05, 4.69) is 22.0 Å². The third-order valence-electron chi connectivity index (χ3n) is 3.84. The van der Waals surface area contributed by atoms with Crippen molar-refractivity contribution in [3.05, 3.63) is 0 Å². The third-order valence-corrected chi connectivity index (χ3v) is 3.84. The first-order chi connectivity index (χ1) is 7.74. The molecule has 2 aliphatic rings. The Kier molecular flexibility index (Phi) is 3.95. The van der Waals surface area contributed by atoms with Crippen molar-refractivity contribution in [2.75, 3.05) is 45.8 Å². The molecule has 2 heterocycles. The normalized spacial score (nSPS) is 27.8. The van der Waals surface area contributed by atoms with Crippen molar-refractivity contribution >= 4 is 6.29 Å². The SMILES string of the molecule is CC(C=O)(CN1CCCC1)N1CCNCC1. The van der Waals surface area contributed by atoms with Gasteiger partial charge in [-0.25, -0.2) is 0 Å². The fraction of sp³-hybridized carbons (Fsp3) is 0.917. The molecule has 16 heavy (non-hydrogen) atoms. The zero-order valence-electron chi connectivity index (χ0n) is 10.2. The summed E-state index contributed by atoms with van der Waals surface area (Å²) in [6.07, 6.45) is 3.73. The van der Waals surface area contributed by atoms with Crippen LogP contribution in [0.1, 0.15) is 19.8 Å². The molecule has 0 radical (unpaired) electrons. The number of piperazine rings is 1. The van der Waals surface area contributed by atoms with Gasteiger partial charge >= 0.3 is 0 Å². The Morgan fingerprint density at radius 3 is 2.38 bits per heavy atom. The van der Waals surface area contributed by atoms with Crippen LogP contribution in [0, 0.1) is 0 Å². The van der Waals surface area contributed by atoms with Gasteiger partial charge in [-0.2, -0.15) is 0 Å². The van der Waals surface area contributed by atoms with Crippen LogP contribution in [-0.2, 0) is 4.79 Å². The quantitative estimate of drug-likeness (QED) is 0.680. The Balaban J connectivity index is 1.95. The predicted molar refractivity (Wildman–Crippen MR) is 64.6 cm³/mol. The van der Waals surface area contributed by atoms with Crippen LogP contribution in [0.4, 0.5) is 0 Å². The average molecular weight is 225 g/mol. The molecule has 2 saturated heterocycles. The fourth-order valence-electron chi connectivity index (χ4n) is 2.78. The first-order valence-electron chi connectivity index (χ1n) is 6.39. The summed E-state index contributed by atoms with van der Waals surface area (Å²) in [5.74, 6) is 0. The Bertz CT molecular complexity index is 234. The Morgan fingerprint density at radius 2 is 1.81 bits per heavy atom. The van der Waals surface area contributed by atoms with Gasteiger partial charge in [0.1, 0.15) is 6.29 Å². The highest BCUT2D eigenvalue weighted by Crippen LogP contribution is 2.18. The summed E-state index contributed by atoms with van der Waals surface area (Å²) >= 11 is 0. The lowest BCUT2D eigenvalue weighted by atomic mass is 10.00. The molecule has 0 bridgehead atoms. The fourth-order valence-corrected chi connectivity index (χ4v) is 2.78. The number of likely N-dealkylation sites (tertiary alicyclic amines) is 1. The lowest BCUT2D eigenvalue weighted by Gasteiger charge is -2.41. The van der Waals surface area contributed by atoms with Gasteiger partial charge in [0.2, 0.25) is 0 Å². The molecule has 1 N–H and O–H groups in total. The molecule has 4 nitrogen and oxygen atoms in total. The standard InChI is InChI=1S/C12H23N3O/c1-12(11-16,10-14-6-2-3-7-14)15-8-4-13-5-9-15/h11,13H,2-10H2,1H3.